The Morgan fingerprint density at radius 2 is 1.50 bits per heavy atom. The van der Waals surface area contributed by atoms with E-state index in [1.165, 1.54) is 5.56 Å². The highest BCUT2D eigenvalue weighted by atomic mass is 79.9. The summed E-state index contributed by atoms with van der Waals surface area (Å²) in [5, 5.41) is 14.8. The minimum Gasteiger partial charge on any atom is -0.484 e. The lowest BCUT2D eigenvalue weighted by molar-refractivity contribution is -0.159. The van der Waals surface area contributed by atoms with Crippen LogP contribution < -0.4 is 4.74 Å². The van der Waals surface area contributed by atoms with Crippen LogP contribution in [0.25, 0.3) is 0 Å². The summed E-state index contributed by atoms with van der Waals surface area (Å²) in [6.07, 6.45) is 3.63. The van der Waals surface area contributed by atoms with Crippen molar-refractivity contribution >= 4 is 33.8 Å². The molecule has 0 bridgehead atoms. The molecule has 1 aliphatic heterocycles. The fourth-order valence-electron chi connectivity index (χ4n) is 2.67. The zero-order valence-corrected chi connectivity index (χ0v) is 17.7. The number of carboxylic acid groups (broad SMARTS) is 2. The maximum Gasteiger partial charge on any atom is 0.414 e. The van der Waals surface area contributed by atoms with Gasteiger partial charge < -0.3 is 19.8 Å². The van der Waals surface area contributed by atoms with Gasteiger partial charge >= 0.3 is 11.9 Å². The van der Waals surface area contributed by atoms with Crippen LogP contribution in [-0.2, 0) is 20.9 Å². The molecular weight excluding hydrogens is 458 g/mol. The summed E-state index contributed by atoms with van der Waals surface area (Å²) >= 11 is 3.38. The molecule has 2 heterocycles. The standard InChI is InChI=1S/C18H20BrN3O2.C2H2O4/c19-16-1-3-17(4-2-16)24-14-18(23)22-11-9-21(10-12-22)13-15-5-7-20-8-6-15;3-1(4)2(5)6/h1-8H,9-14H2;(H,3,4)(H,5,6). The number of hydrogen-bond donors (Lipinski definition) is 2. The van der Waals surface area contributed by atoms with Crippen LogP contribution in [0.15, 0.2) is 53.3 Å². The van der Waals surface area contributed by atoms with E-state index in [0.717, 1.165) is 37.2 Å². The molecule has 30 heavy (non-hydrogen) atoms. The molecule has 1 saturated heterocycles. The van der Waals surface area contributed by atoms with Gasteiger partial charge in [0.1, 0.15) is 5.75 Å². The second-order valence-electron chi connectivity index (χ2n) is 6.37. The molecular formula is C20H22BrN3O6. The van der Waals surface area contributed by atoms with E-state index >= 15 is 0 Å². The third-order valence-corrected chi connectivity index (χ3v) is 4.77. The van der Waals surface area contributed by atoms with Crippen LogP contribution in [-0.4, -0.2) is 75.6 Å². The number of piperazine rings is 1. The summed E-state index contributed by atoms with van der Waals surface area (Å²) in [5.41, 5.74) is 1.25. The Balaban J connectivity index is 0.000000469. The minimum atomic E-state index is -1.82. The molecule has 2 N–H and O–H groups in total. The fourth-order valence-corrected chi connectivity index (χ4v) is 2.93. The molecule has 1 fully saturated rings. The van der Waals surface area contributed by atoms with Gasteiger partial charge in [-0.2, -0.15) is 0 Å². The largest absolute Gasteiger partial charge is 0.484 e. The predicted molar refractivity (Wildman–Crippen MR) is 111 cm³/mol. The van der Waals surface area contributed by atoms with E-state index in [4.69, 9.17) is 24.5 Å². The molecule has 0 atom stereocenters. The van der Waals surface area contributed by atoms with Gasteiger partial charge in [0.2, 0.25) is 0 Å². The van der Waals surface area contributed by atoms with Crippen molar-refractivity contribution in [1.29, 1.82) is 0 Å². The van der Waals surface area contributed by atoms with Gasteiger partial charge in [0.15, 0.2) is 6.61 Å². The normalized spacial score (nSPS) is 13.7. The number of hydrogen-bond acceptors (Lipinski definition) is 6. The summed E-state index contributed by atoms with van der Waals surface area (Å²) in [5.74, 6) is -2.89. The number of carboxylic acids is 2. The quantitative estimate of drug-likeness (QED) is 0.621. The monoisotopic (exact) mass is 479 g/mol. The van der Waals surface area contributed by atoms with E-state index in [-0.39, 0.29) is 12.5 Å². The van der Waals surface area contributed by atoms with Crippen molar-refractivity contribution in [3.8, 4) is 5.75 Å². The SMILES string of the molecule is O=C(COc1ccc(Br)cc1)N1CCN(Cc2ccncc2)CC1.O=C(O)C(=O)O. The number of rotatable bonds is 5. The van der Waals surface area contributed by atoms with Crippen molar-refractivity contribution in [1.82, 2.24) is 14.8 Å². The first-order chi connectivity index (χ1) is 14.3. The van der Waals surface area contributed by atoms with Crippen molar-refractivity contribution in [3.63, 3.8) is 0 Å². The molecule has 0 radical (unpaired) electrons. The zero-order chi connectivity index (χ0) is 21.9. The van der Waals surface area contributed by atoms with E-state index in [2.05, 4.69) is 25.8 Å². The molecule has 1 amide bonds. The maximum absolute atomic E-state index is 12.3. The molecule has 160 valence electrons. The van der Waals surface area contributed by atoms with Crippen molar-refractivity contribution in [2.45, 2.75) is 6.54 Å². The van der Waals surface area contributed by atoms with Crippen LogP contribution in [0.1, 0.15) is 5.56 Å². The average molecular weight is 480 g/mol. The lowest BCUT2D eigenvalue weighted by atomic mass is 10.2. The van der Waals surface area contributed by atoms with Crippen LogP contribution in [0.4, 0.5) is 0 Å². The maximum atomic E-state index is 12.3. The van der Waals surface area contributed by atoms with Crippen molar-refractivity contribution in [2.24, 2.45) is 0 Å². The van der Waals surface area contributed by atoms with Crippen LogP contribution in [0.3, 0.4) is 0 Å². The Bertz CT molecular complexity index is 827. The van der Waals surface area contributed by atoms with Crippen LogP contribution >= 0.6 is 15.9 Å². The Kier molecular flexibility index (Phi) is 9.23. The number of nitrogens with zero attached hydrogens (tertiary/aromatic N) is 3. The summed E-state index contributed by atoms with van der Waals surface area (Å²) < 4.78 is 6.56. The highest BCUT2D eigenvalue weighted by Crippen LogP contribution is 2.16. The molecule has 1 aromatic heterocycles. The van der Waals surface area contributed by atoms with Gasteiger partial charge in [-0.05, 0) is 42.0 Å². The summed E-state index contributed by atoms with van der Waals surface area (Å²) in [4.78, 5) is 38.7. The first-order valence-corrected chi connectivity index (χ1v) is 9.88. The Morgan fingerprint density at radius 3 is 2.03 bits per heavy atom. The lowest BCUT2D eigenvalue weighted by Gasteiger charge is -2.34. The first-order valence-electron chi connectivity index (χ1n) is 9.09. The van der Waals surface area contributed by atoms with Crippen molar-refractivity contribution in [2.75, 3.05) is 32.8 Å². The number of aromatic nitrogens is 1. The molecule has 0 saturated carbocycles. The Morgan fingerprint density at radius 1 is 0.933 bits per heavy atom. The fraction of sp³-hybridized carbons (Fsp3) is 0.300. The van der Waals surface area contributed by atoms with Crippen LogP contribution in [0, 0.1) is 0 Å². The smallest absolute Gasteiger partial charge is 0.414 e. The number of amides is 1. The van der Waals surface area contributed by atoms with Gasteiger partial charge in [0.25, 0.3) is 5.91 Å². The molecule has 1 aliphatic rings. The van der Waals surface area contributed by atoms with Crippen molar-refractivity contribution in [3.05, 3.63) is 58.8 Å². The number of aliphatic carboxylic acids is 2. The lowest BCUT2D eigenvalue weighted by Crippen LogP contribution is -2.49. The number of ether oxygens (including phenoxy) is 1. The molecule has 10 heteroatoms. The van der Waals surface area contributed by atoms with Crippen LogP contribution in [0.5, 0.6) is 5.75 Å². The Labute approximate surface area is 182 Å². The number of halogens is 1. The summed E-state index contributed by atoms with van der Waals surface area (Å²) in [6, 6.07) is 11.6. The number of pyridine rings is 1. The van der Waals surface area contributed by atoms with Crippen LogP contribution in [0.2, 0.25) is 0 Å². The molecule has 0 unspecified atom stereocenters. The molecule has 2 aromatic rings. The first kappa shape index (κ1) is 23.3. The zero-order valence-electron chi connectivity index (χ0n) is 16.1. The van der Waals surface area contributed by atoms with Gasteiger partial charge in [-0.25, -0.2) is 9.59 Å². The number of carbonyl (C=O) groups is 3. The van der Waals surface area contributed by atoms with E-state index in [1.807, 2.05) is 53.7 Å². The number of carbonyl (C=O) groups excluding carboxylic acids is 1. The van der Waals surface area contributed by atoms with Gasteiger partial charge in [0, 0.05) is 49.6 Å². The average Bonchev–Trinajstić information content (AvgIpc) is 2.75. The molecule has 1 aromatic carbocycles. The van der Waals surface area contributed by atoms with Gasteiger partial charge in [-0.15, -0.1) is 0 Å². The molecule has 0 spiro atoms. The second kappa shape index (κ2) is 11.9. The third kappa shape index (κ3) is 8.18. The third-order valence-electron chi connectivity index (χ3n) is 4.24. The highest BCUT2D eigenvalue weighted by molar-refractivity contribution is 9.10. The van der Waals surface area contributed by atoms with Crippen molar-refractivity contribution < 1.29 is 29.3 Å². The Hall–Kier alpha value is -2.98. The molecule has 9 nitrogen and oxygen atoms in total. The van der Waals surface area contributed by atoms with Gasteiger partial charge in [-0.1, -0.05) is 15.9 Å². The van der Waals surface area contributed by atoms with E-state index in [1.54, 1.807) is 0 Å². The van der Waals surface area contributed by atoms with E-state index < -0.39 is 11.9 Å². The summed E-state index contributed by atoms with van der Waals surface area (Å²) in [7, 11) is 0. The summed E-state index contributed by atoms with van der Waals surface area (Å²) in [6.45, 7) is 4.24. The van der Waals surface area contributed by atoms with E-state index in [0.29, 0.717) is 5.75 Å². The minimum absolute atomic E-state index is 0.0430. The van der Waals surface area contributed by atoms with E-state index in [9.17, 15) is 4.79 Å². The topological polar surface area (TPSA) is 120 Å². The predicted octanol–water partition coefficient (Wildman–Crippen LogP) is 1.72. The number of benzene rings is 1. The van der Waals surface area contributed by atoms with Gasteiger partial charge in [-0.3, -0.25) is 14.7 Å². The van der Waals surface area contributed by atoms with Gasteiger partial charge in [0.05, 0.1) is 0 Å². The second-order valence-corrected chi connectivity index (χ2v) is 7.28. The molecule has 3 rings (SSSR count). The molecule has 0 aliphatic carbocycles. The highest BCUT2D eigenvalue weighted by Gasteiger charge is 2.21.